The van der Waals surface area contributed by atoms with E-state index in [1.807, 2.05) is 0 Å². The molecule has 10 heteroatoms. The summed E-state index contributed by atoms with van der Waals surface area (Å²) in [5.74, 6) is -4.27. The van der Waals surface area contributed by atoms with Crippen molar-refractivity contribution in [2.24, 2.45) is 0 Å². The maximum Gasteiger partial charge on any atom is 0.350 e. The van der Waals surface area contributed by atoms with Gasteiger partial charge in [0.2, 0.25) is 5.75 Å². The molecular formula is C17H19NO9. The molecule has 1 aliphatic rings. The lowest BCUT2D eigenvalue weighted by molar-refractivity contribution is -0.222. The van der Waals surface area contributed by atoms with Gasteiger partial charge in [-0.05, 0) is 0 Å². The maximum absolute atomic E-state index is 12.0. The number of carboxylic acids is 1. The van der Waals surface area contributed by atoms with Gasteiger partial charge in [0, 0.05) is 26.1 Å². The fourth-order valence-corrected chi connectivity index (χ4v) is 2.39. The third-order valence-corrected chi connectivity index (χ3v) is 3.54. The smallest absolute Gasteiger partial charge is 0.350 e. The molecule has 146 valence electrons. The Labute approximate surface area is 154 Å². The number of anilines is 1. The lowest BCUT2D eigenvalue weighted by Crippen LogP contribution is -2.42. The molecule has 1 fully saturated rings. The molecule has 1 saturated heterocycles. The van der Waals surface area contributed by atoms with Gasteiger partial charge in [-0.1, -0.05) is 0 Å². The topological polar surface area (TPSA) is 130 Å². The number of carbonyl (C=O) groups excluding carboxylic acids is 2. The standard InChI is InChI=1S/C17H19NO9/c1-17(2)26-15(21)9(16(22)27-17)7-18-11-8(14(19)20)6-10(23-3)12(24-4)13(11)25-5/h6-7,18H,1-5H3,(H,19,20). The molecular weight excluding hydrogens is 362 g/mol. The van der Waals surface area contributed by atoms with Crippen LogP contribution >= 0.6 is 0 Å². The van der Waals surface area contributed by atoms with Crippen molar-refractivity contribution in [3.05, 3.63) is 23.4 Å². The normalized spacial score (nSPS) is 15.4. The van der Waals surface area contributed by atoms with Crippen molar-refractivity contribution in [2.45, 2.75) is 19.6 Å². The molecule has 1 aliphatic heterocycles. The van der Waals surface area contributed by atoms with Crippen molar-refractivity contribution >= 4 is 23.6 Å². The Morgan fingerprint density at radius 1 is 1.07 bits per heavy atom. The van der Waals surface area contributed by atoms with Crippen LogP contribution in [0.4, 0.5) is 5.69 Å². The van der Waals surface area contributed by atoms with E-state index in [2.05, 4.69) is 5.32 Å². The second-order valence-corrected chi connectivity index (χ2v) is 5.75. The highest BCUT2D eigenvalue weighted by Crippen LogP contribution is 2.45. The van der Waals surface area contributed by atoms with Crippen LogP contribution in [0.3, 0.4) is 0 Å². The Kier molecular flexibility index (Phi) is 5.48. The predicted molar refractivity (Wildman–Crippen MR) is 91.0 cm³/mol. The fraction of sp³-hybridized carbons (Fsp3) is 0.353. The number of ether oxygens (including phenoxy) is 5. The van der Waals surface area contributed by atoms with Crippen LogP contribution in [0.2, 0.25) is 0 Å². The van der Waals surface area contributed by atoms with Gasteiger partial charge in [0.15, 0.2) is 17.1 Å². The van der Waals surface area contributed by atoms with Gasteiger partial charge < -0.3 is 34.1 Å². The van der Waals surface area contributed by atoms with Gasteiger partial charge in [0.05, 0.1) is 32.6 Å². The van der Waals surface area contributed by atoms with Crippen molar-refractivity contribution in [1.82, 2.24) is 0 Å². The van der Waals surface area contributed by atoms with Gasteiger partial charge in [0.25, 0.3) is 5.79 Å². The Bertz CT molecular complexity index is 804. The average molecular weight is 381 g/mol. The number of hydrogen-bond donors (Lipinski definition) is 2. The van der Waals surface area contributed by atoms with E-state index < -0.39 is 29.3 Å². The zero-order valence-electron chi connectivity index (χ0n) is 15.4. The molecule has 2 rings (SSSR count). The molecule has 2 N–H and O–H groups in total. The van der Waals surface area contributed by atoms with E-state index in [-0.39, 0.29) is 28.5 Å². The van der Waals surface area contributed by atoms with Gasteiger partial charge in [0.1, 0.15) is 0 Å². The SMILES string of the molecule is COc1cc(C(=O)O)c(NC=C2C(=O)OC(C)(C)OC2=O)c(OC)c1OC. The lowest BCUT2D eigenvalue weighted by Gasteiger charge is -2.29. The summed E-state index contributed by atoms with van der Waals surface area (Å²) in [4.78, 5) is 35.7. The number of methoxy groups -OCH3 is 3. The Morgan fingerprint density at radius 3 is 2.07 bits per heavy atom. The summed E-state index contributed by atoms with van der Waals surface area (Å²) >= 11 is 0. The van der Waals surface area contributed by atoms with Gasteiger partial charge in [-0.15, -0.1) is 0 Å². The average Bonchev–Trinajstić information content (AvgIpc) is 2.58. The van der Waals surface area contributed by atoms with Crippen LogP contribution in [0.5, 0.6) is 17.2 Å². The van der Waals surface area contributed by atoms with Crippen LogP contribution in [-0.2, 0) is 19.1 Å². The first-order valence-corrected chi connectivity index (χ1v) is 7.64. The summed E-state index contributed by atoms with van der Waals surface area (Å²) in [7, 11) is 3.99. The largest absolute Gasteiger partial charge is 0.493 e. The molecule has 0 saturated carbocycles. The number of esters is 2. The Morgan fingerprint density at radius 2 is 1.63 bits per heavy atom. The second kappa shape index (κ2) is 7.44. The Hall–Kier alpha value is -3.43. The molecule has 0 aliphatic carbocycles. The number of cyclic esters (lactones) is 2. The number of carbonyl (C=O) groups is 3. The molecule has 0 amide bonds. The van der Waals surface area contributed by atoms with Crippen LogP contribution < -0.4 is 19.5 Å². The minimum Gasteiger partial charge on any atom is -0.493 e. The van der Waals surface area contributed by atoms with E-state index in [9.17, 15) is 19.5 Å². The van der Waals surface area contributed by atoms with Crippen LogP contribution in [0.15, 0.2) is 17.8 Å². The van der Waals surface area contributed by atoms with E-state index in [0.717, 1.165) is 6.20 Å². The number of aromatic carboxylic acids is 1. The van der Waals surface area contributed by atoms with Crippen LogP contribution in [0.1, 0.15) is 24.2 Å². The van der Waals surface area contributed by atoms with Crippen LogP contribution in [0, 0.1) is 0 Å². The third-order valence-electron chi connectivity index (χ3n) is 3.54. The molecule has 0 atom stereocenters. The first kappa shape index (κ1) is 19.9. The van der Waals surface area contributed by atoms with E-state index in [1.54, 1.807) is 0 Å². The molecule has 0 unspecified atom stereocenters. The summed E-state index contributed by atoms with van der Waals surface area (Å²) in [6, 6.07) is 1.21. The minimum absolute atomic E-state index is 0.00368. The van der Waals surface area contributed by atoms with Crippen molar-refractivity contribution in [3.8, 4) is 17.2 Å². The molecule has 1 aromatic carbocycles. The van der Waals surface area contributed by atoms with E-state index in [1.165, 1.54) is 41.2 Å². The molecule has 27 heavy (non-hydrogen) atoms. The van der Waals surface area contributed by atoms with E-state index in [4.69, 9.17) is 23.7 Å². The summed E-state index contributed by atoms with van der Waals surface area (Å²) in [5.41, 5.74) is -0.734. The van der Waals surface area contributed by atoms with Gasteiger partial charge in [-0.25, -0.2) is 14.4 Å². The molecule has 10 nitrogen and oxygen atoms in total. The monoisotopic (exact) mass is 381 g/mol. The molecule has 0 spiro atoms. The van der Waals surface area contributed by atoms with Crippen LogP contribution in [-0.4, -0.2) is 50.1 Å². The Balaban J connectivity index is 2.53. The van der Waals surface area contributed by atoms with Crippen molar-refractivity contribution < 1.29 is 43.2 Å². The summed E-state index contributed by atoms with van der Waals surface area (Å²) in [6.45, 7) is 2.82. The predicted octanol–water partition coefficient (Wildman–Crippen LogP) is 1.54. The first-order valence-electron chi connectivity index (χ1n) is 7.64. The van der Waals surface area contributed by atoms with E-state index >= 15 is 0 Å². The number of nitrogens with one attached hydrogen (secondary N) is 1. The van der Waals surface area contributed by atoms with Gasteiger partial charge >= 0.3 is 17.9 Å². The van der Waals surface area contributed by atoms with Crippen molar-refractivity contribution in [1.29, 1.82) is 0 Å². The number of rotatable bonds is 6. The molecule has 0 radical (unpaired) electrons. The molecule has 0 bridgehead atoms. The molecule has 1 heterocycles. The van der Waals surface area contributed by atoms with E-state index in [0.29, 0.717) is 0 Å². The fourth-order valence-electron chi connectivity index (χ4n) is 2.39. The minimum atomic E-state index is -1.39. The quantitative estimate of drug-likeness (QED) is 0.425. The molecule has 1 aromatic rings. The lowest BCUT2D eigenvalue weighted by atomic mass is 10.1. The summed E-state index contributed by atoms with van der Waals surface area (Å²) < 4.78 is 25.5. The highest BCUT2D eigenvalue weighted by molar-refractivity contribution is 6.15. The molecule has 0 aromatic heterocycles. The first-order chi connectivity index (χ1) is 12.6. The van der Waals surface area contributed by atoms with Gasteiger partial charge in [-0.2, -0.15) is 0 Å². The number of carboxylic acid groups (broad SMARTS) is 1. The zero-order valence-corrected chi connectivity index (χ0v) is 15.4. The number of hydrogen-bond acceptors (Lipinski definition) is 9. The highest BCUT2D eigenvalue weighted by atomic mass is 16.7. The zero-order chi connectivity index (χ0) is 20.4. The van der Waals surface area contributed by atoms with Gasteiger partial charge in [-0.3, -0.25) is 0 Å². The summed E-state index contributed by atoms with van der Waals surface area (Å²) in [6.07, 6.45) is 0.982. The maximum atomic E-state index is 12.0. The second-order valence-electron chi connectivity index (χ2n) is 5.75. The van der Waals surface area contributed by atoms with Crippen molar-refractivity contribution in [3.63, 3.8) is 0 Å². The third kappa shape index (κ3) is 3.89. The number of benzene rings is 1. The van der Waals surface area contributed by atoms with Crippen molar-refractivity contribution in [2.75, 3.05) is 26.6 Å². The summed E-state index contributed by atoms with van der Waals surface area (Å²) in [5, 5.41) is 12.1. The van der Waals surface area contributed by atoms with Crippen LogP contribution in [0.25, 0.3) is 0 Å². The highest BCUT2D eigenvalue weighted by Gasteiger charge is 2.39.